The lowest BCUT2D eigenvalue weighted by Crippen LogP contribution is -2.37. The van der Waals surface area contributed by atoms with E-state index >= 15 is 0 Å². The van der Waals surface area contributed by atoms with Gasteiger partial charge >= 0.3 is 0 Å². The molecule has 2 N–H and O–H groups in total. The first-order valence-corrected chi connectivity index (χ1v) is 20.4. The molecule has 0 saturated carbocycles. The Labute approximate surface area is 317 Å². The van der Waals surface area contributed by atoms with Crippen LogP contribution in [0.25, 0.3) is 24.3 Å². The molecular formula is C46H48N4S2+2. The summed E-state index contributed by atoms with van der Waals surface area (Å²) in [6.07, 6.45) is 13.1. The summed E-state index contributed by atoms with van der Waals surface area (Å²) >= 11 is 0. The van der Waals surface area contributed by atoms with Crippen LogP contribution in [-0.2, 0) is 13.1 Å². The molecular weight excluding hydrogens is 673 g/mol. The van der Waals surface area contributed by atoms with Crippen molar-refractivity contribution in [2.75, 3.05) is 35.2 Å². The predicted molar refractivity (Wildman–Crippen MR) is 226 cm³/mol. The summed E-state index contributed by atoms with van der Waals surface area (Å²) in [5, 5.41) is 7.11. The van der Waals surface area contributed by atoms with E-state index in [1.165, 1.54) is 44.8 Å². The lowest BCUT2D eigenvalue weighted by Gasteiger charge is -2.08. The second-order valence-electron chi connectivity index (χ2n) is 12.8. The molecule has 0 atom stereocenters. The molecule has 262 valence electrons. The number of hydrogen-bond donors (Lipinski definition) is 2. The van der Waals surface area contributed by atoms with Crippen LogP contribution in [0.2, 0.25) is 0 Å². The average Bonchev–Trinajstić information content (AvgIpc) is 3.18. The lowest BCUT2D eigenvalue weighted by molar-refractivity contribution is -0.694. The SMILES string of the molecule is Cc1cc(/C=C/c2ccc(NCCSSCCNc3ccc(/C=C/c4cc[n+](Cc5ccccc5)c(C)c4)cc3)cc2)cc[n+]1Cc1ccccc1. The molecule has 0 spiro atoms. The molecule has 6 aromatic rings. The van der Waals surface area contributed by atoms with Crippen molar-refractivity contribution in [1.82, 2.24) is 0 Å². The molecule has 0 amide bonds. The molecule has 52 heavy (non-hydrogen) atoms. The van der Waals surface area contributed by atoms with E-state index in [-0.39, 0.29) is 0 Å². The number of nitrogens with one attached hydrogen (secondary N) is 2. The van der Waals surface area contributed by atoms with Crippen LogP contribution >= 0.6 is 21.6 Å². The van der Waals surface area contributed by atoms with E-state index < -0.39 is 0 Å². The number of anilines is 2. The smallest absolute Gasteiger partial charge is 0.179 e. The van der Waals surface area contributed by atoms with Gasteiger partial charge in [-0.25, -0.2) is 0 Å². The van der Waals surface area contributed by atoms with Crippen molar-refractivity contribution < 1.29 is 9.13 Å². The van der Waals surface area contributed by atoms with E-state index in [0.29, 0.717) is 0 Å². The van der Waals surface area contributed by atoms with Crippen molar-refractivity contribution >= 4 is 57.3 Å². The summed E-state index contributed by atoms with van der Waals surface area (Å²) in [4.78, 5) is 0. The number of hydrogen-bond acceptors (Lipinski definition) is 4. The number of aromatic nitrogens is 2. The molecule has 0 aliphatic rings. The zero-order valence-electron chi connectivity index (χ0n) is 30.1. The van der Waals surface area contributed by atoms with Gasteiger partial charge in [0.2, 0.25) is 0 Å². The first-order chi connectivity index (χ1) is 25.6. The summed E-state index contributed by atoms with van der Waals surface area (Å²) in [6, 6.07) is 47.4. The molecule has 0 fully saturated rings. The highest BCUT2D eigenvalue weighted by atomic mass is 33.1. The van der Waals surface area contributed by atoms with Crippen LogP contribution in [0.4, 0.5) is 11.4 Å². The lowest BCUT2D eigenvalue weighted by atomic mass is 10.1. The van der Waals surface area contributed by atoms with Crippen molar-refractivity contribution in [2.24, 2.45) is 0 Å². The largest absolute Gasteiger partial charge is 0.384 e. The van der Waals surface area contributed by atoms with E-state index in [1.807, 2.05) is 21.6 Å². The molecule has 2 heterocycles. The Morgan fingerprint density at radius 3 is 1.23 bits per heavy atom. The third-order valence-electron chi connectivity index (χ3n) is 8.81. The quantitative estimate of drug-likeness (QED) is 0.0558. The Balaban J connectivity index is 0.836. The number of pyridine rings is 2. The number of benzene rings is 4. The molecule has 4 nitrogen and oxygen atoms in total. The fourth-order valence-electron chi connectivity index (χ4n) is 5.86. The third kappa shape index (κ3) is 11.8. The van der Waals surface area contributed by atoms with Gasteiger partial charge in [-0.2, -0.15) is 9.13 Å². The topological polar surface area (TPSA) is 31.8 Å². The van der Waals surface area contributed by atoms with Crippen LogP contribution < -0.4 is 19.8 Å². The van der Waals surface area contributed by atoms with Crippen molar-refractivity contribution in [2.45, 2.75) is 26.9 Å². The maximum Gasteiger partial charge on any atom is 0.179 e. The van der Waals surface area contributed by atoms with Gasteiger partial charge < -0.3 is 10.6 Å². The van der Waals surface area contributed by atoms with Crippen molar-refractivity contribution in [3.8, 4) is 0 Å². The first kappa shape index (κ1) is 36.7. The normalized spacial score (nSPS) is 11.3. The maximum absolute atomic E-state index is 3.55. The average molecular weight is 721 g/mol. The Bertz CT molecular complexity index is 1890. The van der Waals surface area contributed by atoms with Crippen molar-refractivity contribution in [1.29, 1.82) is 0 Å². The van der Waals surface area contributed by atoms with Gasteiger partial charge in [0.15, 0.2) is 36.9 Å². The highest BCUT2D eigenvalue weighted by molar-refractivity contribution is 8.76. The number of nitrogens with zero attached hydrogens (tertiary/aromatic N) is 2. The fraction of sp³-hybridized carbons (Fsp3) is 0.174. The highest BCUT2D eigenvalue weighted by Crippen LogP contribution is 2.21. The van der Waals surface area contributed by atoms with E-state index in [1.54, 1.807) is 0 Å². The first-order valence-electron chi connectivity index (χ1n) is 17.9. The van der Waals surface area contributed by atoms with Crippen LogP contribution in [0.3, 0.4) is 0 Å². The zero-order valence-corrected chi connectivity index (χ0v) is 31.8. The summed E-state index contributed by atoms with van der Waals surface area (Å²) in [6.45, 7) is 8.00. The molecule has 2 aromatic heterocycles. The van der Waals surface area contributed by atoms with Gasteiger partial charge in [0.1, 0.15) is 0 Å². The summed E-state index contributed by atoms with van der Waals surface area (Å²) in [5.74, 6) is 2.11. The monoisotopic (exact) mass is 720 g/mol. The Morgan fingerprint density at radius 1 is 0.462 bits per heavy atom. The van der Waals surface area contributed by atoms with E-state index in [4.69, 9.17) is 0 Å². The van der Waals surface area contributed by atoms with Gasteiger partial charge in [0.05, 0.1) is 0 Å². The molecule has 0 aliphatic heterocycles. The minimum atomic E-state index is 0.889. The van der Waals surface area contributed by atoms with Crippen LogP contribution in [0, 0.1) is 13.8 Å². The zero-order chi connectivity index (χ0) is 35.8. The maximum atomic E-state index is 3.55. The predicted octanol–water partition coefficient (Wildman–Crippen LogP) is 10.2. The van der Waals surface area contributed by atoms with E-state index in [9.17, 15) is 0 Å². The Kier molecular flexibility index (Phi) is 13.8. The summed E-state index contributed by atoms with van der Waals surface area (Å²) in [7, 11) is 3.84. The summed E-state index contributed by atoms with van der Waals surface area (Å²) < 4.78 is 4.57. The van der Waals surface area contributed by atoms with Crippen LogP contribution in [-0.4, -0.2) is 24.6 Å². The highest BCUT2D eigenvalue weighted by Gasteiger charge is 2.09. The van der Waals surface area contributed by atoms with Crippen molar-refractivity contribution in [3.63, 3.8) is 0 Å². The molecule has 0 radical (unpaired) electrons. The number of rotatable bonds is 17. The van der Waals surface area contributed by atoms with Gasteiger partial charge in [0, 0.05) is 85.2 Å². The fourth-order valence-corrected chi connectivity index (χ4v) is 7.67. The number of aryl methyl sites for hydroxylation is 2. The van der Waals surface area contributed by atoms with E-state index in [2.05, 4.69) is 204 Å². The van der Waals surface area contributed by atoms with Crippen LogP contribution in [0.1, 0.15) is 44.8 Å². The second kappa shape index (κ2) is 19.5. The molecule has 4 aromatic carbocycles. The van der Waals surface area contributed by atoms with Gasteiger partial charge in [-0.1, -0.05) is 131 Å². The van der Waals surface area contributed by atoms with Crippen LogP contribution in [0.15, 0.2) is 146 Å². The molecule has 6 rings (SSSR count). The molecule has 0 saturated heterocycles. The third-order valence-corrected chi connectivity index (χ3v) is 11.2. The van der Waals surface area contributed by atoms with Crippen molar-refractivity contribution in [3.05, 3.63) is 191 Å². The minimum Gasteiger partial charge on any atom is -0.384 e. The standard InChI is InChI=1S/C46H46N4S2/c1-37-33-41(25-29-49(37)35-43-9-5-3-6-10-43)15-13-39-17-21-45(22-18-39)47-27-31-51-52-32-28-48-46-23-19-40(20-24-46)14-16-42-26-30-50(38(2)34-42)36-44-11-7-4-8-12-44/h3-26,29-30,33-34H,27-28,31-32,35-36H2,1-2H3/p+2. The van der Waals surface area contributed by atoms with Gasteiger partial charge in [-0.05, 0) is 46.5 Å². The Hall–Kier alpha value is -5.04. The van der Waals surface area contributed by atoms with Gasteiger partial charge in [-0.15, -0.1) is 0 Å². The minimum absolute atomic E-state index is 0.889. The van der Waals surface area contributed by atoms with E-state index in [0.717, 1.165) is 49.1 Å². The van der Waals surface area contributed by atoms with Gasteiger partial charge in [0.25, 0.3) is 0 Å². The Morgan fingerprint density at radius 2 is 0.846 bits per heavy atom. The van der Waals surface area contributed by atoms with Gasteiger partial charge in [-0.3, -0.25) is 0 Å². The molecule has 0 unspecified atom stereocenters. The molecule has 6 heteroatoms. The molecule has 0 aliphatic carbocycles. The summed E-state index contributed by atoms with van der Waals surface area (Å²) in [5.41, 5.74) is 12.3. The van der Waals surface area contributed by atoms with Crippen LogP contribution in [0.5, 0.6) is 0 Å². The molecule has 0 bridgehead atoms. The second-order valence-corrected chi connectivity index (χ2v) is 15.5.